The Labute approximate surface area is 686 Å². The van der Waals surface area contributed by atoms with Crippen LogP contribution < -0.4 is 79.8 Å². The predicted molar refractivity (Wildman–Crippen MR) is 412 cm³/mol. The summed E-state index contributed by atoms with van der Waals surface area (Å²) in [6.45, 7) is -3.27. The number of nitrogens with two attached hydrogens (primary N) is 2. The minimum atomic E-state index is -2.76. The van der Waals surface area contributed by atoms with E-state index in [-0.39, 0.29) is 5.56 Å². The number of amides is 14. The van der Waals surface area contributed by atoms with Crippen molar-refractivity contribution in [2.45, 2.75) is 193 Å². The summed E-state index contributed by atoms with van der Waals surface area (Å²) in [4.78, 5) is 214. The van der Waals surface area contributed by atoms with Crippen molar-refractivity contribution in [3.05, 3.63) is 142 Å². The van der Waals surface area contributed by atoms with Crippen molar-refractivity contribution in [1.29, 1.82) is 0 Å². The Kier molecular flexibility index (Phi) is 35.6. The third-order valence-corrected chi connectivity index (χ3v) is 19.7. The lowest BCUT2D eigenvalue weighted by atomic mass is 9.98. The number of benzene rings is 3. The zero-order valence-electron chi connectivity index (χ0n) is 64.1. The lowest BCUT2D eigenvalue weighted by Gasteiger charge is -2.38. The van der Waals surface area contributed by atoms with Gasteiger partial charge in [-0.3, -0.25) is 67.1 Å². The number of carbonyl (C=O) groups is 15. The topological polar surface area (TPSA) is 693 Å². The third-order valence-electron chi connectivity index (χ3n) is 19.2. The summed E-state index contributed by atoms with van der Waals surface area (Å²) in [5.74, 6) is -21.6. The van der Waals surface area contributed by atoms with Gasteiger partial charge in [0.1, 0.15) is 109 Å². The van der Waals surface area contributed by atoms with E-state index in [1.165, 1.54) is 30.3 Å². The predicted octanol–water partition coefficient (Wildman–Crippen LogP) is -10.9. The Bertz CT molecular complexity index is 4350. The SMILES string of the molecule is CC(/C=C/c1ccccc1)=C\[C@H](O)[C@@H]1CC(=O)N[C@@H](CO)C(=O)NC2Cn3cc([n+]([C@@H]4O[C@H](CO)[C@H](O)[C@H](O)[C@H]4O)c3)CC(NC(=O)CCC[C@@H](C(=O)O)NC(=O)[C@@H](O)CNC(=O)[C@H](Cc3ccc(Br)cc3)NC(=O)[C@H]([C@@H](O)C(N)=O)NC(=O)[C@H](CC(N)=O)NC2=O)C(=O)N[C@@H]([C@H](C)O)C(=O)N[C@@H](CO)C(=O)N[C@@H](Cc2ccccc2)C(=O)N1. The zero-order chi connectivity index (χ0) is 87.6. The van der Waals surface area contributed by atoms with Crippen LogP contribution in [-0.4, -0.2) is 291 Å². The number of carboxylic acids is 1. The van der Waals surface area contributed by atoms with Crippen molar-refractivity contribution < 1.29 is 137 Å². The number of imidazole rings is 1. The van der Waals surface area contributed by atoms with Crippen molar-refractivity contribution >= 4 is 111 Å². The molecule has 44 heteroatoms. The number of allylic oxidation sites excluding steroid dienone is 2. The average Bonchev–Trinajstić information content (AvgIpc) is 1.68. The van der Waals surface area contributed by atoms with E-state index in [4.69, 9.17) is 16.2 Å². The van der Waals surface area contributed by atoms with Crippen LogP contribution in [0.5, 0.6) is 0 Å². The number of nitrogens with zero attached hydrogens (tertiary/aromatic N) is 2. The lowest BCUT2D eigenvalue weighted by molar-refractivity contribution is -0.783. The summed E-state index contributed by atoms with van der Waals surface area (Å²) in [7, 11) is 0. The van der Waals surface area contributed by atoms with Crippen molar-refractivity contribution in [3.8, 4) is 0 Å². The molecule has 0 aliphatic carbocycles. The van der Waals surface area contributed by atoms with Gasteiger partial charge in [0.2, 0.25) is 89.3 Å². The molecule has 119 heavy (non-hydrogen) atoms. The van der Waals surface area contributed by atoms with Crippen LogP contribution in [0.2, 0.25) is 0 Å². The fourth-order valence-corrected chi connectivity index (χ4v) is 12.9. The number of aliphatic hydroxyl groups excluding tert-OH is 10. The molecule has 27 N–H and O–H groups in total. The van der Waals surface area contributed by atoms with Gasteiger partial charge in [0, 0.05) is 36.6 Å². The van der Waals surface area contributed by atoms with Crippen LogP contribution in [0.3, 0.4) is 0 Å². The summed E-state index contributed by atoms with van der Waals surface area (Å²) >= 11 is 3.27. The molecule has 20 atom stereocenters. The number of aliphatic carboxylic acids is 1. The molecule has 3 aromatic carbocycles. The fraction of sp³-hybridized carbons (Fsp3) is 0.467. The summed E-state index contributed by atoms with van der Waals surface area (Å²) in [6, 6.07) is -0.623. The van der Waals surface area contributed by atoms with E-state index in [1.807, 2.05) is 5.32 Å². The van der Waals surface area contributed by atoms with Crippen LogP contribution in [0.4, 0.5) is 0 Å². The number of hydrogen-bond acceptors (Lipinski definition) is 26. The second-order valence-electron chi connectivity index (χ2n) is 28.4. The van der Waals surface area contributed by atoms with Gasteiger partial charge in [0.05, 0.1) is 51.0 Å². The first-order valence-corrected chi connectivity index (χ1v) is 38.1. The van der Waals surface area contributed by atoms with Gasteiger partial charge in [-0.1, -0.05) is 113 Å². The number of ether oxygens (including phenoxy) is 1. The van der Waals surface area contributed by atoms with Crippen molar-refractivity contribution in [1.82, 2.24) is 68.4 Å². The molecule has 3 aliphatic rings. The van der Waals surface area contributed by atoms with Gasteiger partial charge < -0.3 is 136 Å². The van der Waals surface area contributed by atoms with E-state index < -0.39 is 300 Å². The minimum Gasteiger partial charge on any atom is -0.480 e. The second-order valence-corrected chi connectivity index (χ2v) is 29.4. The van der Waals surface area contributed by atoms with E-state index in [0.717, 1.165) is 28.6 Å². The highest BCUT2D eigenvalue weighted by Crippen LogP contribution is 2.26. The van der Waals surface area contributed by atoms with Gasteiger partial charge in [0.15, 0.2) is 6.10 Å². The van der Waals surface area contributed by atoms with Crippen molar-refractivity contribution in [3.63, 3.8) is 0 Å². The number of rotatable bonds is 18. The van der Waals surface area contributed by atoms with Crippen LogP contribution in [0.15, 0.2) is 120 Å². The minimum absolute atomic E-state index is 0.281. The highest BCUT2D eigenvalue weighted by molar-refractivity contribution is 9.10. The van der Waals surface area contributed by atoms with E-state index in [1.54, 1.807) is 79.7 Å². The van der Waals surface area contributed by atoms with E-state index in [2.05, 4.69) is 74.4 Å². The molecule has 2 unspecified atom stereocenters. The highest BCUT2D eigenvalue weighted by atomic mass is 79.9. The normalized spacial score (nSPS) is 28.2. The Hall–Kier alpha value is -11.6. The van der Waals surface area contributed by atoms with Crippen molar-refractivity contribution in [2.24, 2.45) is 11.5 Å². The monoisotopic (exact) mass is 1730 g/mol. The molecule has 1 fully saturated rings. The molecule has 4 heterocycles. The Balaban J connectivity index is 1.44. The number of carboxylic acid groups (broad SMARTS) is 1. The first-order valence-electron chi connectivity index (χ1n) is 37.3. The van der Waals surface area contributed by atoms with Gasteiger partial charge in [-0.25, -0.2) is 13.9 Å². The summed E-state index contributed by atoms with van der Waals surface area (Å²) in [5, 5.41) is 149. The van der Waals surface area contributed by atoms with E-state index in [9.17, 15) is 119 Å². The molecule has 43 nitrogen and oxygen atoms in total. The molecule has 646 valence electrons. The highest BCUT2D eigenvalue weighted by Gasteiger charge is 2.49. The smallest absolute Gasteiger partial charge is 0.326 e. The maximum absolute atomic E-state index is 15.3. The summed E-state index contributed by atoms with van der Waals surface area (Å²) < 4.78 is 8.26. The Morgan fingerprint density at radius 1 is 0.588 bits per heavy atom. The zero-order valence-corrected chi connectivity index (χ0v) is 65.7. The van der Waals surface area contributed by atoms with Crippen LogP contribution in [0.1, 0.15) is 74.6 Å². The molecule has 0 radical (unpaired) electrons. The number of aliphatic hydroxyl groups is 10. The maximum Gasteiger partial charge on any atom is 0.326 e. The number of hydrogen-bond donors (Lipinski definition) is 25. The number of carbonyl (C=O) groups excluding carboxylic acids is 14. The average molecular weight is 1740 g/mol. The molecule has 1 aromatic heterocycles. The molecule has 3 aliphatic heterocycles. The molecule has 14 amide bonds. The number of fused-ring (bicyclic) bond motifs is 2. The molecular weight excluding hydrogens is 1640 g/mol. The number of nitrogens with one attached hydrogen (secondary N) is 12. The summed E-state index contributed by atoms with van der Waals surface area (Å²) in [5.41, 5.74) is 12.4. The first kappa shape index (κ1) is 94.6. The molecular formula is C75H98BrN16O27+. The van der Waals surface area contributed by atoms with Gasteiger partial charge in [0.25, 0.3) is 5.91 Å². The van der Waals surface area contributed by atoms with E-state index in [0.29, 0.717) is 21.2 Å². The Morgan fingerprint density at radius 3 is 1.76 bits per heavy atom. The second kappa shape index (κ2) is 44.8. The molecule has 1 saturated heterocycles. The third kappa shape index (κ3) is 27.8. The summed E-state index contributed by atoms with van der Waals surface area (Å²) in [6.07, 6.45) is -18.9. The molecule has 4 bridgehead atoms. The molecule has 0 saturated carbocycles. The first-order chi connectivity index (χ1) is 56.4. The quantitative estimate of drug-likeness (QED) is 0.0325. The number of aromatic nitrogens is 2. The molecule has 0 spiro atoms. The van der Waals surface area contributed by atoms with Crippen LogP contribution >= 0.6 is 15.9 Å². The maximum atomic E-state index is 15.3. The van der Waals surface area contributed by atoms with Crippen LogP contribution in [0.25, 0.3) is 6.08 Å². The van der Waals surface area contributed by atoms with Crippen LogP contribution in [0, 0.1) is 0 Å². The van der Waals surface area contributed by atoms with Crippen molar-refractivity contribution in [2.75, 3.05) is 26.4 Å². The number of β-amino-alcohol motifs (C(OH)–C–C–N with tert-alkyl or cyclic N) is 1. The molecule has 4 aromatic rings. The number of halogens is 1. The Morgan fingerprint density at radius 2 is 1.14 bits per heavy atom. The van der Waals surface area contributed by atoms with Crippen LogP contribution in [-0.2, 0) is 102 Å². The van der Waals surface area contributed by atoms with Gasteiger partial charge >= 0.3 is 5.97 Å². The van der Waals surface area contributed by atoms with E-state index >= 15 is 9.59 Å². The fourth-order valence-electron chi connectivity index (χ4n) is 12.7. The molecule has 7 rings (SSSR count). The number of primary amides is 2. The van der Waals surface area contributed by atoms with Gasteiger partial charge in [-0.15, -0.1) is 0 Å². The standard InChI is InChI=1S/C75H97BrN16O27/c1-35(16-17-37-10-5-3-6-11-37)22-51(97)43-27-56(101)81-49(31-93)69(112)87-48-30-91-29-41(92(34-91)74-62(105)61(104)59(102)53(33-95)119-74)25-46(66(109)89-57(36(2)96)72(115)88-50(32-94)70(113)84-45(65(108)83-43)23-38-12-7-4-8-13-38)80-55(100)15-9-14-42(75(117)118)82-71(114)52(98)28-79-64(107)44(24-39-18-20-40(76)21-19-39)86-73(116)58(60(103)63(78)106)90-67(110)47(26-54(77)99)85-68(48)111/h3-8,10-13,16-22,29,34,36,42-53,57-62,74,93-98,102-105H,9,14-15,23-28,30-33H2,1-2H3,(H16-,77,78,79,80,81,82,83,84,85,86,87,88,89,90,99,100,101,106,107,108,109,110,111,112,113,114,115,116,117,118)/p+1/b17-16+,35-22+/t36-,42-,43-,44-,45-,46?,47-,48?,49-,50-,51-,52-,53+,57-,58-,59-,60+,61-,62+,74+/m0/s1. The lowest BCUT2D eigenvalue weighted by Crippen LogP contribution is -2.64. The largest absolute Gasteiger partial charge is 0.480 e. The van der Waals surface area contributed by atoms with Gasteiger partial charge in [-0.2, -0.15) is 0 Å². The van der Waals surface area contributed by atoms with Gasteiger partial charge in [-0.05, 0) is 55.5 Å².